The molecular formula is C18H16ClN3O4. The second-order valence-corrected chi connectivity index (χ2v) is 7.06. The largest absolute Gasteiger partial charge is 0.486 e. The van der Waals surface area contributed by atoms with Gasteiger partial charge in [0.15, 0.2) is 5.78 Å². The van der Waals surface area contributed by atoms with Crippen molar-refractivity contribution in [3.63, 3.8) is 0 Å². The van der Waals surface area contributed by atoms with E-state index in [1.165, 1.54) is 12.1 Å². The van der Waals surface area contributed by atoms with Crippen molar-refractivity contribution in [3.8, 4) is 5.75 Å². The normalized spacial score (nSPS) is 18.3. The van der Waals surface area contributed by atoms with Gasteiger partial charge in [-0.15, -0.1) is 0 Å². The van der Waals surface area contributed by atoms with Gasteiger partial charge in [-0.25, -0.2) is 5.10 Å². The van der Waals surface area contributed by atoms with Gasteiger partial charge in [-0.2, -0.15) is 5.10 Å². The minimum atomic E-state index is -0.590. The number of aromatic amines is 1. The third-order valence-corrected chi connectivity index (χ3v) is 5.15. The molecule has 1 spiro atoms. The molecule has 26 heavy (non-hydrogen) atoms. The van der Waals surface area contributed by atoms with Gasteiger partial charge in [0.05, 0.1) is 12.0 Å². The van der Waals surface area contributed by atoms with E-state index in [1.54, 1.807) is 23.1 Å². The van der Waals surface area contributed by atoms with Crippen LogP contribution in [-0.4, -0.2) is 45.5 Å². The highest BCUT2D eigenvalue weighted by Crippen LogP contribution is 2.40. The fraction of sp³-hybridized carbons (Fsp3) is 0.333. The van der Waals surface area contributed by atoms with Crippen molar-refractivity contribution in [3.05, 3.63) is 57.0 Å². The second-order valence-electron chi connectivity index (χ2n) is 6.62. The number of amides is 1. The highest BCUT2D eigenvalue weighted by atomic mass is 35.5. The fourth-order valence-electron chi connectivity index (χ4n) is 3.49. The number of nitrogens with zero attached hydrogens (tertiary/aromatic N) is 2. The summed E-state index contributed by atoms with van der Waals surface area (Å²) in [4.78, 5) is 37.8. The summed E-state index contributed by atoms with van der Waals surface area (Å²) >= 11 is 5.96. The van der Waals surface area contributed by atoms with Gasteiger partial charge < -0.3 is 9.64 Å². The maximum Gasteiger partial charge on any atom is 0.274 e. The van der Waals surface area contributed by atoms with Crippen LogP contribution >= 0.6 is 11.6 Å². The molecule has 1 saturated heterocycles. The van der Waals surface area contributed by atoms with Crippen LogP contribution in [0.4, 0.5) is 0 Å². The van der Waals surface area contributed by atoms with Crippen LogP contribution in [0.25, 0.3) is 0 Å². The maximum absolute atomic E-state index is 12.5. The molecule has 0 atom stereocenters. The predicted octanol–water partition coefficient (Wildman–Crippen LogP) is 2.06. The zero-order valence-corrected chi connectivity index (χ0v) is 14.6. The van der Waals surface area contributed by atoms with E-state index >= 15 is 0 Å². The molecule has 0 saturated carbocycles. The molecule has 1 aromatic carbocycles. The van der Waals surface area contributed by atoms with Crippen molar-refractivity contribution in [2.75, 3.05) is 13.1 Å². The molecule has 7 nitrogen and oxygen atoms in total. The molecule has 0 radical (unpaired) electrons. The number of ketones is 1. The van der Waals surface area contributed by atoms with Gasteiger partial charge in [-0.1, -0.05) is 11.6 Å². The molecule has 8 heteroatoms. The zero-order valence-electron chi connectivity index (χ0n) is 13.8. The SMILES string of the molecule is O=C1CC2(CCN(C(=O)c3ccc(=O)[nH]n3)CC2)Oc2ccc(Cl)cc21. The van der Waals surface area contributed by atoms with Gasteiger partial charge in [0.1, 0.15) is 17.0 Å². The van der Waals surface area contributed by atoms with Crippen LogP contribution in [-0.2, 0) is 0 Å². The highest BCUT2D eigenvalue weighted by Gasteiger charge is 2.43. The van der Waals surface area contributed by atoms with Crippen molar-refractivity contribution < 1.29 is 14.3 Å². The molecule has 0 bridgehead atoms. The van der Waals surface area contributed by atoms with E-state index in [-0.39, 0.29) is 29.4 Å². The number of halogens is 1. The Kier molecular flexibility index (Phi) is 4.03. The Morgan fingerprint density at radius 2 is 1.96 bits per heavy atom. The summed E-state index contributed by atoms with van der Waals surface area (Å²) < 4.78 is 6.15. The number of fused-ring (bicyclic) bond motifs is 1. The summed E-state index contributed by atoms with van der Waals surface area (Å²) in [5.74, 6) is 0.314. The molecule has 0 unspecified atom stereocenters. The molecule has 1 N–H and O–H groups in total. The van der Waals surface area contributed by atoms with Gasteiger partial charge in [0, 0.05) is 37.0 Å². The molecule has 4 rings (SSSR count). The number of ether oxygens (including phenoxy) is 1. The van der Waals surface area contributed by atoms with Crippen LogP contribution in [0.1, 0.15) is 40.1 Å². The number of H-pyrrole nitrogens is 1. The van der Waals surface area contributed by atoms with E-state index in [1.807, 2.05) is 0 Å². The first-order chi connectivity index (χ1) is 12.5. The van der Waals surface area contributed by atoms with Crippen LogP contribution in [0.15, 0.2) is 35.1 Å². The maximum atomic E-state index is 12.5. The lowest BCUT2D eigenvalue weighted by Gasteiger charge is -2.43. The molecule has 2 aromatic rings. The second kappa shape index (κ2) is 6.25. The van der Waals surface area contributed by atoms with Gasteiger partial charge in [-0.3, -0.25) is 14.4 Å². The van der Waals surface area contributed by atoms with E-state index < -0.39 is 5.60 Å². The van der Waals surface area contributed by atoms with E-state index in [0.717, 1.165) is 0 Å². The first kappa shape index (κ1) is 16.8. The Balaban J connectivity index is 1.49. The van der Waals surface area contributed by atoms with Gasteiger partial charge in [-0.05, 0) is 24.3 Å². The molecule has 1 fully saturated rings. The predicted molar refractivity (Wildman–Crippen MR) is 93.8 cm³/mol. The highest BCUT2D eigenvalue weighted by molar-refractivity contribution is 6.31. The topological polar surface area (TPSA) is 92.4 Å². The number of piperidine rings is 1. The Hall–Kier alpha value is -2.67. The lowest BCUT2D eigenvalue weighted by atomic mass is 9.82. The third-order valence-electron chi connectivity index (χ3n) is 4.91. The summed E-state index contributed by atoms with van der Waals surface area (Å²) in [5, 5.41) is 6.55. The average Bonchev–Trinajstić information content (AvgIpc) is 2.63. The van der Waals surface area contributed by atoms with Crippen LogP contribution < -0.4 is 10.3 Å². The fourth-order valence-corrected chi connectivity index (χ4v) is 3.66. The number of Topliss-reactive ketones (excluding diaryl/α,β-unsaturated/α-hetero) is 1. The number of hydrogen-bond donors (Lipinski definition) is 1. The Morgan fingerprint density at radius 1 is 1.19 bits per heavy atom. The number of hydrogen-bond acceptors (Lipinski definition) is 5. The van der Waals surface area contributed by atoms with Gasteiger partial charge in [0.2, 0.25) is 0 Å². The van der Waals surface area contributed by atoms with E-state index in [2.05, 4.69) is 10.2 Å². The van der Waals surface area contributed by atoms with Crippen LogP contribution in [0.2, 0.25) is 5.02 Å². The molecule has 2 aliphatic heterocycles. The van der Waals surface area contributed by atoms with Crippen molar-refractivity contribution in [1.82, 2.24) is 15.1 Å². The minimum Gasteiger partial charge on any atom is -0.486 e. The van der Waals surface area contributed by atoms with Crippen LogP contribution in [0.3, 0.4) is 0 Å². The Bertz CT molecular complexity index is 927. The third kappa shape index (κ3) is 2.99. The minimum absolute atomic E-state index is 0.0100. The number of carbonyl (C=O) groups is 2. The molecule has 3 heterocycles. The number of aromatic nitrogens is 2. The van der Waals surface area contributed by atoms with Crippen molar-refractivity contribution in [1.29, 1.82) is 0 Å². The lowest BCUT2D eigenvalue weighted by molar-refractivity contribution is -0.00587. The summed E-state index contributed by atoms with van der Waals surface area (Å²) in [6.45, 7) is 0.908. The number of carbonyl (C=O) groups excluding carboxylic acids is 2. The lowest BCUT2D eigenvalue weighted by Crippen LogP contribution is -2.52. The summed E-state index contributed by atoms with van der Waals surface area (Å²) in [7, 11) is 0. The van der Waals surface area contributed by atoms with Crippen LogP contribution in [0.5, 0.6) is 5.75 Å². The van der Waals surface area contributed by atoms with Gasteiger partial charge >= 0.3 is 0 Å². The summed E-state index contributed by atoms with van der Waals surface area (Å²) in [6, 6.07) is 7.74. The monoisotopic (exact) mass is 373 g/mol. The quantitative estimate of drug-likeness (QED) is 0.826. The molecule has 2 aliphatic rings. The van der Waals surface area contributed by atoms with E-state index in [9.17, 15) is 14.4 Å². The summed E-state index contributed by atoms with van der Waals surface area (Å²) in [5.41, 5.74) is -0.236. The van der Waals surface area contributed by atoms with E-state index in [0.29, 0.717) is 42.3 Å². The smallest absolute Gasteiger partial charge is 0.274 e. The van der Waals surface area contributed by atoms with Crippen molar-refractivity contribution in [2.24, 2.45) is 0 Å². The Morgan fingerprint density at radius 3 is 2.65 bits per heavy atom. The van der Waals surface area contributed by atoms with Crippen LogP contribution in [0, 0.1) is 0 Å². The van der Waals surface area contributed by atoms with Crippen molar-refractivity contribution >= 4 is 23.3 Å². The molecule has 0 aliphatic carbocycles. The molecular weight excluding hydrogens is 358 g/mol. The number of benzene rings is 1. The number of nitrogens with one attached hydrogen (secondary N) is 1. The number of rotatable bonds is 1. The summed E-state index contributed by atoms with van der Waals surface area (Å²) in [6.07, 6.45) is 1.38. The first-order valence-corrected chi connectivity index (χ1v) is 8.70. The van der Waals surface area contributed by atoms with Crippen molar-refractivity contribution in [2.45, 2.75) is 24.9 Å². The molecule has 1 amide bonds. The molecule has 1 aromatic heterocycles. The standard InChI is InChI=1S/C18H16ClN3O4/c19-11-1-3-15-12(9-11)14(23)10-18(26-15)5-7-22(8-6-18)17(25)13-2-4-16(24)21-20-13/h1-4,9H,5-8,10H2,(H,21,24). The first-order valence-electron chi connectivity index (χ1n) is 8.33. The zero-order chi connectivity index (χ0) is 18.3. The van der Waals surface area contributed by atoms with E-state index in [4.69, 9.17) is 16.3 Å². The average molecular weight is 374 g/mol. The van der Waals surface area contributed by atoms with Gasteiger partial charge in [0.25, 0.3) is 11.5 Å². The Labute approximate surface area is 153 Å². The number of likely N-dealkylation sites (tertiary alicyclic amines) is 1. The molecule has 134 valence electrons.